The molecule has 0 aliphatic heterocycles. The molecule has 2 aromatic carbocycles. The summed E-state index contributed by atoms with van der Waals surface area (Å²) in [4.78, 5) is 0. The van der Waals surface area contributed by atoms with Gasteiger partial charge in [0.2, 0.25) is 0 Å². The molecule has 4 heteroatoms. The quantitative estimate of drug-likeness (QED) is 0.508. The van der Waals surface area contributed by atoms with E-state index in [4.69, 9.17) is 5.73 Å². The number of allylic oxidation sites excluding steroid dienone is 4. The Balaban J connectivity index is 0. The van der Waals surface area contributed by atoms with E-state index in [1.165, 1.54) is 22.3 Å². The maximum Gasteiger partial charge on any atom is 2.00 e. The molecule has 0 bridgehead atoms. The Morgan fingerprint density at radius 1 is 0.962 bits per heavy atom. The van der Waals surface area contributed by atoms with E-state index < -0.39 is 0 Å². The summed E-state index contributed by atoms with van der Waals surface area (Å²) in [5.41, 5.74) is 15.7. The smallest absolute Gasteiger partial charge is 1.00 e. The second-order valence-corrected chi connectivity index (χ2v) is 5.97. The summed E-state index contributed by atoms with van der Waals surface area (Å²) in [6, 6.07) is 12.6. The normalized spacial score (nSPS) is 11.0. The summed E-state index contributed by atoms with van der Waals surface area (Å²) >= 11 is 0. The Labute approximate surface area is 185 Å². The summed E-state index contributed by atoms with van der Waals surface area (Å²) < 4.78 is 0. The molecular weight excluding hydrogens is 397 g/mol. The predicted molar refractivity (Wildman–Crippen MR) is 102 cm³/mol. The van der Waals surface area contributed by atoms with Crippen molar-refractivity contribution >= 4 is 11.3 Å². The van der Waals surface area contributed by atoms with E-state index in [2.05, 4.69) is 62.8 Å². The van der Waals surface area contributed by atoms with Crippen LogP contribution < -0.4 is 24.8 Å². The molecule has 3 rings (SSSR count). The zero-order valence-electron chi connectivity index (χ0n) is 15.7. The molecule has 0 spiro atoms. The van der Waals surface area contributed by atoms with Crippen LogP contribution in [0.25, 0.3) is 11.3 Å². The van der Waals surface area contributed by atoms with E-state index in [1.54, 1.807) is 0 Å². The van der Waals surface area contributed by atoms with Crippen LogP contribution in [-0.2, 0) is 21.7 Å². The molecule has 2 aromatic rings. The van der Waals surface area contributed by atoms with Gasteiger partial charge in [-0.05, 0) is 27.2 Å². The zero-order chi connectivity index (χ0) is 16.8. The molecule has 0 heterocycles. The minimum Gasteiger partial charge on any atom is -1.00 e. The van der Waals surface area contributed by atoms with Crippen LogP contribution in [-0.4, -0.2) is 0 Å². The van der Waals surface area contributed by atoms with Crippen molar-refractivity contribution in [3.63, 3.8) is 0 Å². The van der Waals surface area contributed by atoms with Crippen molar-refractivity contribution in [3.8, 4) is 0 Å². The van der Waals surface area contributed by atoms with Gasteiger partial charge in [0.05, 0.1) is 0 Å². The van der Waals surface area contributed by atoms with Crippen LogP contribution in [0, 0.1) is 27.2 Å². The average Bonchev–Trinajstić information content (AvgIpc) is 3.07. The molecule has 138 valence electrons. The third-order valence-corrected chi connectivity index (χ3v) is 4.07. The first-order valence-corrected chi connectivity index (χ1v) is 8.07. The molecule has 1 aliphatic carbocycles. The van der Waals surface area contributed by atoms with Crippen LogP contribution in [0.4, 0.5) is 5.69 Å². The van der Waals surface area contributed by atoms with Crippen LogP contribution >= 0.6 is 0 Å². The van der Waals surface area contributed by atoms with Crippen molar-refractivity contribution in [2.24, 2.45) is 0 Å². The zero-order valence-corrected chi connectivity index (χ0v) is 18.8. The first-order valence-electron chi connectivity index (χ1n) is 8.07. The van der Waals surface area contributed by atoms with Crippen LogP contribution in [0.3, 0.4) is 0 Å². The van der Waals surface area contributed by atoms with Gasteiger partial charge in [-0.1, -0.05) is 65.6 Å². The molecule has 0 saturated heterocycles. The van der Waals surface area contributed by atoms with Crippen LogP contribution in [0.15, 0.2) is 54.6 Å². The van der Waals surface area contributed by atoms with E-state index in [9.17, 15) is 0 Å². The SMILES string of the molecule is C[CH-]c1ccccc1C1=CC=CC1.Cc1cc(C)c([NH-])c(C)c1.[Cl-].[Cl-].[Ti+2]. The second-order valence-electron chi connectivity index (χ2n) is 5.97. The maximum atomic E-state index is 7.54. The van der Waals surface area contributed by atoms with E-state index in [0.717, 1.165) is 17.5 Å². The predicted octanol–water partition coefficient (Wildman–Crippen LogP) is 0.903. The molecule has 0 atom stereocenters. The van der Waals surface area contributed by atoms with Gasteiger partial charge in [-0.3, -0.25) is 0 Å². The molecule has 1 aliphatic rings. The third kappa shape index (κ3) is 7.25. The van der Waals surface area contributed by atoms with Gasteiger partial charge in [0, 0.05) is 0 Å². The van der Waals surface area contributed by atoms with Gasteiger partial charge in [0.1, 0.15) is 0 Å². The molecule has 26 heavy (non-hydrogen) atoms. The second kappa shape index (κ2) is 13.1. The van der Waals surface area contributed by atoms with E-state index in [0.29, 0.717) is 5.69 Å². The van der Waals surface area contributed by atoms with E-state index >= 15 is 0 Å². The van der Waals surface area contributed by atoms with Gasteiger partial charge < -0.3 is 30.5 Å². The number of hydrogen-bond donors (Lipinski definition) is 0. The Morgan fingerprint density at radius 2 is 1.54 bits per heavy atom. The van der Waals surface area contributed by atoms with Crippen molar-refractivity contribution in [1.82, 2.24) is 0 Å². The summed E-state index contributed by atoms with van der Waals surface area (Å²) in [6.07, 6.45) is 9.76. The fraction of sp³-hybridized carbons (Fsp3) is 0.227. The molecule has 1 nitrogen and oxygen atoms in total. The summed E-state index contributed by atoms with van der Waals surface area (Å²) in [5.74, 6) is 0. The van der Waals surface area contributed by atoms with Crippen LogP contribution in [0.1, 0.15) is 41.2 Å². The minimum atomic E-state index is 0. The van der Waals surface area contributed by atoms with Crippen molar-refractivity contribution in [2.75, 3.05) is 0 Å². The summed E-state index contributed by atoms with van der Waals surface area (Å²) in [7, 11) is 0. The van der Waals surface area contributed by atoms with Gasteiger partial charge in [0.25, 0.3) is 0 Å². The Kier molecular flexibility index (Phi) is 13.7. The molecule has 0 saturated carbocycles. The minimum absolute atomic E-state index is 0. The molecular formula is C22H25Cl2NTi-2. The molecule has 0 unspecified atom stereocenters. The Hall–Kier alpha value is -1.12. The van der Waals surface area contributed by atoms with Gasteiger partial charge in [-0.15, -0.1) is 23.4 Å². The van der Waals surface area contributed by atoms with Crippen molar-refractivity contribution in [2.45, 2.75) is 34.1 Å². The standard InChI is InChI=1S/C13H13.C9H12N.2ClH.Ti/c1-2-11-7-5-6-10-13(11)12-8-3-4-9-12;1-6-4-7(2)9(10)8(3)5-6;;;/h2-8,10H,9H2,1H3;4-5,10H,1-3H3;2*1H;/q2*-1;;;+2/p-2. The molecule has 1 N–H and O–H groups in total. The number of hydrogen-bond acceptors (Lipinski definition) is 0. The van der Waals surface area contributed by atoms with Crippen molar-refractivity contribution < 1.29 is 46.5 Å². The van der Waals surface area contributed by atoms with E-state index in [1.807, 2.05) is 26.0 Å². The van der Waals surface area contributed by atoms with Gasteiger partial charge in [-0.25, -0.2) is 0 Å². The molecule has 0 aromatic heterocycles. The number of nitrogens with one attached hydrogen (secondary N) is 1. The number of rotatable bonds is 2. The Morgan fingerprint density at radius 3 is 2.04 bits per heavy atom. The fourth-order valence-electron chi connectivity index (χ4n) is 2.87. The first kappa shape index (κ1) is 27.1. The van der Waals surface area contributed by atoms with Crippen LogP contribution in [0.2, 0.25) is 0 Å². The van der Waals surface area contributed by atoms with E-state index in [-0.39, 0.29) is 46.5 Å². The summed E-state index contributed by atoms with van der Waals surface area (Å²) in [6.45, 7) is 8.09. The Bertz CT molecular complexity index is 729. The number of benzene rings is 2. The fourth-order valence-corrected chi connectivity index (χ4v) is 2.87. The maximum absolute atomic E-state index is 7.54. The molecule has 0 radical (unpaired) electrons. The largest absolute Gasteiger partial charge is 2.00 e. The van der Waals surface area contributed by atoms with Crippen molar-refractivity contribution in [1.29, 1.82) is 0 Å². The van der Waals surface area contributed by atoms with Crippen LogP contribution in [0.5, 0.6) is 0 Å². The van der Waals surface area contributed by atoms with Gasteiger partial charge in [-0.2, -0.15) is 18.1 Å². The number of aryl methyl sites for hydroxylation is 3. The number of halogens is 2. The monoisotopic (exact) mass is 421 g/mol. The average molecular weight is 422 g/mol. The summed E-state index contributed by atoms with van der Waals surface area (Å²) in [5, 5.41) is 0. The van der Waals surface area contributed by atoms with Gasteiger partial charge >= 0.3 is 21.7 Å². The third-order valence-electron chi connectivity index (χ3n) is 4.07. The van der Waals surface area contributed by atoms with Gasteiger partial charge in [0.15, 0.2) is 0 Å². The topological polar surface area (TPSA) is 23.8 Å². The molecule has 0 fully saturated rings. The van der Waals surface area contributed by atoms with Crippen molar-refractivity contribution in [3.05, 3.63) is 94.6 Å². The first-order chi connectivity index (χ1) is 11.0. The molecule has 0 amide bonds.